The second kappa shape index (κ2) is 6.33. The Labute approximate surface area is 116 Å². The van der Waals surface area contributed by atoms with Crippen molar-refractivity contribution >= 4 is 5.78 Å². The van der Waals surface area contributed by atoms with E-state index in [1.807, 2.05) is 0 Å². The van der Waals surface area contributed by atoms with Crippen LogP contribution >= 0.6 is 0 Å². The van der Waals surface area contributed by atoms with Gasteiger partial charge in [0.25, 0.3) is 0 Å². The largest absolute Gasteiger partial charge is 0.300 e. The minimum Gasteiger partial charge on any atom is -0.300 e. The maximum atomic E-state index is 11.6. The lowest BCUT2D eigenvalue weighted by Gasteiger charge is -2.39. The van der Waals surface area contributed by atoms with Gasteiger partial charge >= 0.3 is 0 Å². The minimum absolute atomic E-state index is 0.257. The van der Waals surface area contributed by atoms with Crippen molar-refractivity contribution in [1.29, 1.82) is 0 Å². The zero-order valence-corrected chi connectivity index (χ0v) is 12.4. The summed E-state index contributed by atoms with van der Waals surface area (Å²) in [6.45, 7) is 7.24. The Bertz CT molecular complexity index is 441. The molecular weight excluding hydrogens is 234 g/mol. The van der Waals surface area contributed by atoms with Crippen molar-refractivity contribution in [1.82, 2.24) is 4.90 Å². The van der Waals surface area contributed by atoms with Crippen molar-refractivity contribution in [2.24, 2.45) is 0 Å². The molecule has 0 amide bonds. The molecule has 0 aromatic heterocycles. The van der Waals surface area contributed by atoms with Gasteiger partial charge in [0.15, 0.2) is 0 Å². The first-order chi connectivity index (χ1) is 9.08. The van der Waals surface area contributed by atoms with E-state index in [1.165, 1.54) is 30.4 Å². The average Bonchev–Trinajstić information content (AvgIpc) is 2.37. The zero-order valence-electron chi connectivity index (χ0n) is 12.4. The molecule has 0 N–H and O–H groups in total. The van der Waals surface area contributed by atoms with E-state index in [2.05, 4.69) is 43.0 Å². The molecule has 0 bridgehead atoms. The lowest BCUT2D eigenvalue weighted by Crippen LogP contribution is -2.41. The summed E-state index contributed by atoms with van der Waals surface area (Å²) >= 11 is 0. The van der Waals surface area contributed by atoms with Gasteiger partial charge in [-0.05, 0) is 45.7 Å². The molecular formula is C17H25NO. The topological polar surface area (TPSA) is 20.3 Å². The smallest absolute Gasteiger partial charge is 0.131 e. The van der Waals surface area contributed by atoms with Crippen molar-refractivity contribution in [3.05, 3.63) is 35.4 Å². The lowest BCUT2D eigenvalue weighted by molar-refractivity contribution is -0.118. The Kier molecular flexibility index (Phi) is 4.76. The third-order valence-electron chi connectivity index (χ3n) is 4.16. The molecule has 0 saturated carbocycles. The van der Waals surface area contributed by atoms with Gasteiger partial charge in [-0.3, -0.25) is 9.69 Å². The molecule has 1 aliphatic rings. The summed E-state index contributed by atoms with van der Waals surface area (Å²) in [4.78, 5) is 14.2. The summed E-state index contributed by atoms with van der Waals surface area (Å²) in [7, 11) is 0. The van der Waals surface area contributed by atoms with Crippen molar-refractivity contribution in [3.63, 3.8) is 0 Å². The highest BCUT2D eigenvalue weighted by atomic mass is 16.1. The van der Waals surface area contributed by atoms with E-state index >= 15 is 0 Å². The van der Waals surface area contributed by atoms with Gasteiger partial charge in [0, 0.05) is 18.5 Å². The van der Waals surface area contributed by atoms with Crippen LogP contribution in [0.3, 0.4) is 0 Å². The minimum atomic E-state index is 0.257. The van der Waals surface area contributed by atoms with Crippen molar-refractivity contribution in [3.8, 4) is 0 Å². The molecule has 1 fully saturated rings. The first-order valence-corrected chi connectivity index (χ1v) is 7.39. The Morgan fingerprint density at radius 1 is 1.42 bits per heavy atom. The number of hydrogen-bond donors (Lipinski definition) is 0. The summed E-state index contributed by atoms with van der Waals surface area (Å²) in [5.74, 6) is 0.282. The van der Waals surface area contributed by atoms with Gasteiger partial charge in [-0.15, -0.1) is 0 Å². The summed E-state index contributed by atoms with van der Waals surface area (Å²) in [6, 6.07) is 9.46. The Hall–Kier alpha value is -1.15. The number of piperidine rings is 1. The van der Waals surface area contributed by atoms with Crippen LogP contribution in [0.15, 0.2) is 24.3 Å². The molecule has 0 radical (unpaired) electrons. The maximum Gasteiger partial charge on any atom is 0.131 e. The molecule has 0 spiro atoms. The molecule has 104 valence electrons. The molecule has 2 rings (SSSR count). The van der Waals surface area contributed by atoms with Gasteiger partial charge in [-0.2, -0.15) is 0 Å². The number of carbonyl (C=O) groups is 1. The molecule has 1 aromatic carbocycles. The molecule has 2 unspecified atom stereocenters. The molecule has 1 aromatic rings. The molecule has 1 saturated heterocycles. The number of likely N-dealkylation sites (tertiary alicyclic amines) is 1. The average molecular weight is 259 g/mol. The molecule has 2 heteroatoms. The van der Waals surface area contributed by atoms with Crippen LogP contribution in [0.5, 0.6) is 0 Å². The molecule has 1 aliphatic heterocycles. The predicted octanol–water partition coefficient (Wildman–Crippen LogP) is 3.89. The third kappa shape index (κ3) is 3.66. The van der Waals surface area contributed by atoms with Gasteiger partial charge < -0.3 is 0 Å². The number of nitrogens with zero attached hydrogens (tertiary/aromatic N) is 1. The summed E-state index contributed by atoms with van der Waals surface area (Å²) in [5.41, 5.74) is 2.57. The van der Waals surface area contributed by atoms with Crippen LogP contribution in [0.25, 0.3) is 0 Å². The first kappa shape index (κ1) is 14.3. The van der Waals surface area contributed by atoms with Crippen LogP contribution in [-0.2, 0) is 4.79 Å². The van der Waals surface area contributed by atoms with Crippen LogP contribution in [0.1, 0.15) is 56.7 Å². The summed E-state index contributed by atoms with van der Waals surface area (Å²) in [6.07, 6.45) is 4.46. The number of ketones is 1. The molecule has 0 aliphatic carbocycles. The fourth-order valence-electron chi connectivity index (χ4n) is 3.16. The van der Waals surface area contributed by atoms with Crippen LogP contribution in [0.4, 0.5) is 0 Å². The van der Waals surface area contributed by atoms with E-state index < -0.39 is 0 Å². The van der Waals surface area contributed by atoms with E-state index in [1.54, 1.807) is 6.92 Å². The van der Waals surface area contributed by atoms with Crippen LogP contribution in [-0.4, -0.2) is 23.3 Å². The SMILES string of the molecule is CC(=O)CC(c1cccc(C)c1)N1CCCCC1C. The highest BCUT2D eigenvalue weighted by molar-refractivity contribution is 5.76. The van der Waals surface area contributed by atoms with E-state index in [0.29, 0.717) is 12.5 Å². The molecule has 1 heterocycles. The highest BCUT2D eigenvalue weighted by Gasteiger charge is 2.28. The van der Waals surface area contributed by atoms with E-state index in [0.717, 1.165) is 6.54 Å². The Balaban J connectivity index is 2.26. The number of hydrogen-bond acceptors (Lipinski definition) is 2. The lowest BCUT2D eigenvalue weighted by atomic mass is 9.93. The van der Waals surface area contributed by atoms with Gasteiger partial charge in [-0.25, -0.2) is 0 Å². The second-order valence-electron chi connectivity index (χ2n) is 5.92. The van der Waals surface area contributed by atoms with Gasteiger partial charge in [-0.1, -0.05) is 36.2 Å². The van der Waals surface area contributed by atoms with E-state index in [-0.39, 0.29) is 11.8 Å². The Morgan fingerprint density at radius 2 is 2.21 bits per heavy atom. The maximum absolute atomic E-state index is 11.6. The van der Waals surface area contributed by atoms with E-state index in [9.17, 15) is 4.79 Å². The Morgan fingerprint density at radius 3 is 2.84 bits per heavy atom. The van der Waals surface area contributed by atoms with Crippen LogP contribution in [0, 0.1) is 6.92 Å². The van der Waals surface area contributed by atoms with Crippen LogP contribution in [0.2, 0.25) is 0 Å². The number of Topliss-reactive ketones (excluding diaryl/α,β-unsaturated/α-hetero) is 1. The highest BCUT2D eigenvalue weighted by Crippen LogP contribution is 2.31. The molecule has 19 heavy (non-hydrogen) atoms. The normalized spacial score (nSPS) is 22.2. The third-order valence-corrected chi connectivity index (χ3v) is 4.16. The quantitative estimate of drug-likeness (QED) is 0.817. The van der Waals surface area contributed by atoms with Crippen molar-refractivity contribution in [2.75, 3.05) is 6.54 Å². The fraction of sp³-hybridized carbons (Fsp3) is 0.588. The standard InChI is InChI=1S/C17H25NO/c1-13-7-6-9-16(11-13)17(12-15(3)19)18-10-5-4-8-14(18)2/h6-7,9,11,14,17H,4-5,8,10,12H2,1-3H3. The second-order valence-corrected chi connectivity index (χ2v) is 5.92. The van der Waals surface area contributed by atoms with Gasteiger partial charge in [0.2, 0.25) is 0 Å². The molecule has 2 nitrogen and oxygen atoms in total. The molecule has 2 atom stereocenters. The number of benzene rings is 1. The van der Waals surface area contributed by atoms with Crippen molar-refractivity contribution < 1.29 is 4.79 Å². The van der Waals surface area contributed by atoms with Crippen molar-refractivity contribution in [2.45, 2.75) is 58.5 Å². The summed E-state index contributed by atoms with van der Waals surface area (Å²) in [5, 5.41) is 0. The zero-order chi connectivity index (χ0) is 13.8. The fourth-order valence-corrected chi connectivity index (χ4v) is 3.16. The van der Waals surface area contributed by atoms with E-state index in [4.69, 9.17) is 0 Å². The first-order valence-electron chi connectivity index (χ1n) is 7.39. The van der Waals surface area contributed by atoms with Crippen LogP contribution < -0.4 is 0 Å². The summed E-state index contributed by atoms with van der Waals surface area (Å²) < 4.78 is 0. The predicted molar refractivity (Wildman–Crippen MR) is 79.2 cm³/mol. The number of aryl methyl sites for hydroxylation is 1. The van der Waals surface area contributed by atoms with Gasteiger partial charge in [0.05, 0.1) is 0 Å². The number of rotatable bonds is 4. The monoisotopic (exact) mass is 259 g/mol. The number of carbonyl (C=O) groups excluding carboxylic acids is 1. The van der Waals surface area contributed by atoms with Gasteiger partial charge in [0.1, 0.15) is 5.78 Å².